The minimum absolute atomic E-state index is 0.346. The third-order valence-corrected chi connectivity index (χ3v) is 2.80. The Hall–Kier alpha value is -1.77. The van der Waals surface area contributed by atoms with E-state index in [0.717, 1.165) is 16.7 Å². The zero-order valence-corrected chi connectivity index (χ0v) is 12.4. The molecule has 104 valence electrons. The van der Waals surface area contributed by atoms with Crippen molar-refractivity contribution in [1.82, 2.24) is 0 Å². The molecule has 0 saturated carbocycles. The first kappa shape index (κ1) is 15.3. The minimum atomic E-state index is -0.995. The number of hydrogen-bond acceptors (Lipinski definition) is 3. The third kappa shape index (κ3) is 3.85. The first-order chi connectivity index (χ1) is 8.77. The molecule has 0 unspecified atom stereocenters. The zero-order chi connectivity index (χ0) is 14.6. The van der Waals surface area contributed by atoms with Gasteiger partial charge in [0.25, 0.3) is 0 Å². The Bertz CT molecular complexity index is 487. The van der Waals surface area contributed by atoms with Crippen molar-refractivity contribution < 1.29 is 14.3 Å². The quantitative estimate of drug-likeness (QED) is 0.758. The van der Waals surface area contributed by atoms with Crippen molar-refractivity contribution in [2.75, 3.05) is 6.61 Å². The summed E-state index contributed by atoms with van der Waals surface area (Å²) in [6, 6.07) is 5.80. The second-order valence-electron chi connectivity index (χ2n) is 5.09. The maximum absolute atomic E-state index is 11.8. The summed E-state index contributed by atoms with van der Waals surface area (Å²) in [6.45, 7) is 13.3. The van der Waals surface area contributed by atoms with Crippen LogP contribution < -0.4 is 4.74 Å². The normalized spacial score (nSPS) is 11.0. The smallest absolute Gasteiger partial charge is 0.349 e. The zero-order valence-electron chi connectivity index (χ0n) is 12.4. The molecule has 0 atom stereocenters. The highest BCUT2D eigenvalue weighted by Gasteiger charge is 2.32. The molecule has 0 fully saturated rings. The van der Waals surface area contributed by atoms with Crippen molar-refractivity contribution in [3.8, 4) is 5.75 Å². The van der Waals surface area contributed by atoms with E-state index in [9.17, 15) is 4.79 Å². The van der Waals surface area contributed by atoms with Crippen molar-refractivity contribution in [2.24, 2.45) is 0 Å². The van der Waals surface area contributed by atoms with Gasteiger partial charge in [-0.2, -0.15) is 0 Å². The Morgan fingerprint density at radius 1 is 1.37 bits per heavy atom. The highest BCUT2D eigenvalue weighted by Crippen LogP contribution is 2.26. The van der Waals surface area contributed by atoms with Gasteiger partial charge in [-0.1, -0.05) is 18.2 Å². The second-order valence-corrected chi connectivity index (χ2v) is 5.09. The van der Waals surface area contributed by atoms with Gasteiger partial charge in [0.2, 0.25) is 0 Å². The van der Waals surface area contributed by atoms with Gasteiger partial charge in [0.05, 0.1) is 6.61 Å². The Labute approximate surface area is 115 Å². The van der Waals surface area contributed by atoms with E-state index >= 15 is 0 Å². The van der Waals surface area contributed by atoms with E-state index < -0.39 is 5.60 Å². The Morgan fingerprint density at radius 3 is 2.47 bits per heavy atom. The van der Waals surface area contributed by atoms with Crippen LogP contribution in [0.2, 0.25) is 0 Å². The van der Waals surface area contributed by atoms with Crippen LogP contribution in [-0.4, -0.2) is 18.2 Å². The molecule has 0 N–H and O–H groups in total. The van der Waals surface area contributed by atoms with E-state index in [0.29, 0.717) is 12.4 Å². The minimum Gasteiger partial charge on any atom is -0.476 e. The lowest BCUT2D eigenvalue weighted by atomic mass is 10.0. The number of ether oxygens (including phenoxy) is 2. The molecule has 1 aromatic rings. The molecular weight excluding hydrogens is 240 g/mol. The summed E-state index contributed by atoms with van der Waals surface area (Å²) in [5, 5.41) is 0. The molecule has 0 bridgehead atoms. The van der Waals surface area contributed by atoms with Gasteiger partial charge in [-0.3, -0.25) is 0 Å². The van der Waals surface area contributed by atoms with E-state index in [1.807, 2.05) is 32.0 Å². The molecule has 0 aliphatic heterocycles. The Balaban J connectivity index is 2.93. The molecule has 0 aliphatic carbocycles. The molecule has 1 rings (SSSR count). The fourth-order valence-corrected chi connectivity index (χ4v) is 1.65. The van der Waals surface area contributed by atoms with Gasteiger partial charge in [-0.25, -0.2) is 4.79 Å². The van der Waals surface area contributed by atoms with E-state index in [2.05, 4.69) is 6.58 Å². The van der Waals surface area contributed by atoms with E-state index in [1.54, 1.807) is 20.8 Å². The van der Waals surface area contributed by atoms with E-state index in [1.165, 1.54) is 0 Å². The van der Waals surface area contributed by atoms with Gasteiger partial charge >= 0.3 is 5.97 Å². The maximum atomic E-state index is 11.8. The Morgan fingerprint density at radius 2 is 2.00 bits per heavy atom. The lowest BCUT2D eigenvalue weighted by molar-refractivity contribution is -0.158. The molecule has 1 aromatic carbocycles. The molecular formula is C16H22O3. The van der Waals surface area contributed by atoms with Crippen LogP contribution in [0.25, 0.3) is 5.57 Å². The SMILES string of the molecule is C=C(C)c1ccc(OC(C)(C)C(=O)OCC)c(C)c1. The van der Waals surface area contributed by atoms with Crippen LogP contribution in [0.5, 0.6) is 5.75 Å². The molecule has 3 nitrogen and oxygen atoms in total. The summed E-state index contributed by atoms with van der Waals surface area (Å²) in [7, 11) is 0. The van der Waals surface area contributed by atoms with Gasteiger partial charge in [0, 0.05) is 0 Å². The molecule has 0 heterocycles. The number of esters is 1. The molecule has 0 amide bonds. The largest absolute Gasteiger partial charge is 0.476 e. The first-order valence-electron chi connectivity index (χ1n) is 6.40. The number of rotatable bonds is 5. The van der Waals surface area contributed by atoms with Gasteiger partial charge in [-0.15, -0.1) is 0 Å². The number of carbonyl (C=O) groups is 1. The molecule has 19 heavy (non-hydrogen) atoms. The molecule has 0 aliphatic rings. The molecule has 0 radical (unpaired) electrons. The number of aryl methyl sites for hydroxylation is 1. The van der Waals surface area contributed by atoms with Gasteiger partial charge < -0.3 is 9.47 Å². The van der Waals surface area contributed by atoms with Gasteiger partial charge in [0.1, 0.15) is 5.75 Å². The molecule has 0 saturated heterocycles. The van der Waals surface area contributed by atoms with Crippen molar-refractivity contribution in [1.29, 1.82) is 0 Å². The van der Waals surface area contributed by atoms with Crippen LogP contribution in [-0.2, 0) is 9.53 Å². The Kier molecular flexibility index (Phi) is 4.76. The fourth-order valence-electron chi connectivity index (χ4n) is 1.65. The third-order valence-electron chi connectivity index (χ3n) is 2.80. The second kappa shape index (κ2) is 5.91. The molecule has 0 aromatic heterocycles. The highest BCUT2D eigenvalue weighted by molar-refractivity contribution is 5.79. The molecule has 3 heteroatoms. The van der Waals surface area contributed by atoms with Crippen molar-refractivity contribution in [3.63, 3.8) is 0 Å². The number of benzene rings is 1. The van der Waals surface area contributed by atoms with Crippen LogP contribution in [0.3, 0.4) is 0 Å². The monoisotopic (exact) mass is 262 g/mol. The summed E-state index contributed by atoms with van der Waals surface area (Å²) >= 11 is 0. The van der Waals surface area contributed by atoms with Crippen molar-refractivity contribution in [3.05, 3.63) is 35.9 Å². The highest BCUT2D eigenvalue weighted by atomic mass is 16.6. The summed E-state index contributed by atoms with van der Waals surface area (Å²) in [5.41, 5.74) is 2.04. The standard InChI is InChI=1S/C16H22O3/c1-7-18-15(17)16(5,6)19-14-9-8-13(11(2)3)10-12(14)4/h8-10H,2,7H2,1,3-6H3. The van der Waals surface area contributed by atoms with E-state index in [-0.39, 0.29) is 5.97 Å². The number of hydrogen-bond donors (Lipinski definition) is 0. The van der Waals surface area contributed by atoms with Crippen molar-refractivity contribution >= 4 is 11.5 Å². The topological polar surface area (TPSA) is 35.5 Å². The number of allylic oxidation sites excluding steroid dienone is 1. The fraction of sp³-hybridized carbons (Fsp3) is 0.438. The molecule has 0 spiro atoms. The lowest BCUT2D eigenvalue weighted by Gasteiger charge is -2.25. The first-order valence-corrected chi connectivity index (χ1v) is 6.40. The predicted octanol–water partition coefficient (Wildman–Crippen LogP) is 3.75. The van der Waals surface area contributed by atoms with Gasteiger partial charge in [-0.05, 0) is 57.9 Å². The van der Waals surface area contributed by atoms with Crippen molar-refractivity contribution in [2.45, 2.75) is 40.2 Å². The number of carbonyl (C=O) groups excluding carboxylic acids is 1. The van der Waals surface area contributed by atoms with Crippen LogP contribution in [0.1, 0.15) is 38.8 Å². The average Bonchev–Trinajstić information content (AvgIpc) is 2.31. The van der Waals surface area contributed by atoms with Gasteiger partial charge in [0.15, 0.2) is 5.60 Å². The summed E-state index contributed by atoms with van der Waals surface area (Å²) in [6.07, 6.45) is 0. The maximum Gasteiger partial charge on any atom is 0.349 e. The van der Waals surface area contributed by atoms with E-state index in [4.69, 9.17) is 9.47 Å². The van der Waals surface area contributed by atoms with Crippen LogP contribution in [0.15, 0.2) is 24.8 Å². The summed E-state index contributed by atoms with van der Waals surface area (Å²) in [5.74, 6) is 0.321. The van der Waals surface area contributed by atoms with Crippen LogP contribution >= 0.6 is 0 Å². The summed E-state index contributed by atoms with van der Waals surface area (Å²) < 4.78 is 10.8. The van der Waals surface area contributed by atoms with Crippen LogP contribution in [0, 0.1) is 6.92 Å². The van der Waals surface area contributed by atoms with Crippen LogP contribution in [0.4, 0.5) is 0 Å². The predicted molar refractivity (Wildman–Crippen MR) is 77.2 cm³/mol. The summed E-state index contributed by atoms with van der Waals surface area (Å²) in [4.78, 5) is 11.8. The average molecular weight is 262 g/mol. The lowest BCUT2D eigenvalue weighted by Crippen LogP contribution is -2.39.